The van der Waals surface area contributed by atoms with Crippen molar-refractivity contribution in [1.82, 2.24) is 5.32 Å². The summed E-state index contributed by atoms with van der Waals surface area (Å²) in [6.07, 6.45) is 1.03. The van der Waals surface area contributed by atoms with Gasteiger partial charge in [0.25, 0.3) is 0 Å². The molecule has 6 heteroatoms. The number of nitrogens with two attached hydrogens (primary N) is 1. The van der Waals surface area contributed by atoms with Crippen molar-refractivity contribution < 1.29 is 4.74 Å². The zero-order valence-electron chi connectivity index (χ0n) is 10.6. The van der Waals surface area contributed by atoms with Gasteiger partial charge >= 0.3 is 0 Å². The smallest absolute Gasteiger partial charge is 0.188 e. The van der Waals surface area contributed by atoms with Crippen LogP contribution in [0.15, 0.2) is 27.7 Å². The van der Waals surface area contributed by atoms with Gasteiger partial charge in [-0.3, -0.25) is 0 Å². The summed E-state index contributed by atoms with van der Waals surface area (Å²) in [4.78, 5) is 4.25. The molecular weight excluding hydrogens is 409 g/mol. The average molecular weight is 428 g/mol. The lowest BCUT2D eigenvalue weighted by Gasteiger charge is -2.06. The fourth-order valence-electron chi connectivity index (χ4n) is 1.29. The van der Waals surface area contributed by atoms with Crippen molar-refractivity contribution in [2.45, 2.75) is 19.9 Å². The number of aliphatic imine (C=N–C) groups is 1. The largest absolute Gasteiger partial charge is 0.496 e. The van der Waals surface area contributed by atoms with Crippen LogP contribution in [-0.4, -0.2) is 19.6 Å². The van der Waals surface area contributed by atoms with Crippen LogP contribution in [0.25, 0.3) is 0 Å². The van der Waals surface area contributed by atoms with E-state index in [-0.39, 0.29) is 24.0 Å². The first-order chi connectivity index (χ1) is 8.17. The predicted molar refractivity (Wildman–Crippen MR) is 89.7 cm³/mol. The highest BCUT2D eigenvalue weighted by molar-refractivity contribution is 14.0. The second-order valence-electron chi connectivity index (χ2n) is 3.60. The van der Waals surface area contributed by atoms with E-state index in [0.29, 0.717) is 12.5 Å². The Morgan fingerprint density at radius 2 is 2.22 bits per heavy atom. The summed E-state index contributed by atoms with van der Waals surface area (Å²) in [7, 11) is 1.64. The molecule has 18 heavy (non-hydrogen) atoms. The van der Waals surface area contributed by atoms with Crippen LogP contribution >= 0.6 is 39.9 Å². The predicted octanol–water partition coefficient (Wildman–Crippen LogP) is 2.89. The summed E-state index contributed by atoms with van der Waals surface area (Å²) in [6.45, 7) is 3.49. The van der Waals surface area contributed by atoms with Gasteiger partial charge in [-0.05, 0) is 40.0 Å². The Kier molecular flexibility index (Phi) is 9.17. The van der Waals surface area contributed by atoms with Crippen molar-refractivity contribution in [2.24, 2.45) is 10.7 Å². The molecule has 0 saturated carbocycles. The van der Waals surface area contributed by atoms with E-state index in [1.807, 2.05) is 18.2 Å². The highest BCUT2D eigenvalue weighted by atomic mass is 127. The maximum Gasteiger partial charge on any atom is 0.188 e. The van der Waals surface area contributed by atoms with E-state index in [4.69, 9.17) is 10.5 Å². The van der Waals surface area contributed by atoms with Gasteiger partial charge < -0.3 is 15.8 Å². The molecule has 0 aliphatic rings. The molecule has 0 amide bonds. The lowest BCUT2D eigenvalue weighted by Crippen LogP contribution is -2.32. The molecule has 0 saturated heterocycles. The van der Waals surface area contributed by atoms with Gasteiger partial charge in [0.15, 0.2) is 5.96 Å². The molecule has 102 valence electrons. The Bertz CT molecular complexity index is 399. The molecule has 1 aromatic rings. The number of rotatable bonds is 5. The number of nitrogens with one attached hydrogen (secondary N) is 1. The van der Waals surface area contributed by atoms with Gasteiger partial charge in [0.05, 0.1) is 18.1 Å². The number of hydrogen-bond acceptors (Lipinski definition) is 2. The summed E-state index contributed by atoms with van der Waals surface area (Å²) in [5.41, 5.74) is 6.79. The Morgan fingerprint density at radius 3 is 2.78 bits per heavy atom. The standard InChI is InChI=1S/C12H18BrN3O.HI/c1-3-6-15-12(14)16-8-9-4-5-11(17-2)10(13)7-9;/h4-5,7H,3,6,8H2,1-2H3,(H3,14,15,16);1H. The van der Waals surface area contributed by atoms with Crippen LogP contribution in [-0.2, 0) is 6.54 Å². The third kappa shape index (κ3) is 5.90. The molecule has 0 bridgehead atoms. The highest BCUT2D eigenvalue weighted by Crippen LogP contribution is 2.25. The number of halogens is 2. The molecule has 4 nitrogen and oxygen atoms in total. The van der Waals surface area contributed by atoms with E-state index in [1.165, 1.54) is 0 Å². The molecule has 0 atom stereocenters. The molecule has 0 heterocycles. The maximum atomic E-state index is 5.70. The van der Waals surface area contributed by atoms with Crippen molar-refractivity contribution >= 4 is 45.9 Å². The molecule has 0 radical (unpaired) electrons. The van der Waals surface area contributed by atoms with Gasteiger partial charge in [0.2, 0.25) is 0 Å². The maximum absolute atomic E-state index is 5.70. The first-order valence-corrected chi connectivity index (χ1v) is 6.33. The number of benzene rings is 1. The Morgan fingerprint density at radius 1 is 1.50 bits per heavy atom. The van der Waals surface area contributed by atoms with Crippen molar-refractivity contribution in [1.29, 1.82) is 0 Å². The molecule has 0 unspecified atom stereocenters. The van der Waals surface area contributed by atoms with Crippen molar-refractivity contribution in [3.05, 3.63) is 28.2 Å². The van der Waals surface area contributed by atoms with Gasteiger partial charge in [-0.15, -0.1) is 24.0 Å². The van der Waals surface area contributed by atoms with Crippen molar-refractivity contribution in [3.63, 3.8) is 0 Å². The zero-order chi connectivity index (χ0) is 12.7. The Labute approximate surface area is 134 Å². The topological polar surface area (TPSA) is 59.6 Å². The van der Waals surface area contributed by atoms with E-state index in [1.54, 1.807) is 7.11 Å². The average Bonchev–Trinajstić information content (AvgIpc) is 2.34. The molecule has 0 aliphatic carbocycles. The minimum absolute atomic E-state index is 0. The number of guanidine groups is 1. The van der Waals surface area contributed by atoms with E-state index in [9.17, 15) is 0 Å². The van der Waals surface area contributed by atoms with Crippen LogP contribution in [0.3, 0.4) is 0 Å². The van der Waals surface area contributed by atoms with Gasteiger partial charge in [-0.2, -0.15) is 0 Å². The quantitative estimate of drug-likeness (QED) is 0.431. The van der Waals surface area contributed by atoms with Gasteiger partial charge in [0, 0.05) is 6.54 Å². The van der Waals surface area contributed by atoms with E-state index >= 15 is 0 Å². The SMILES string of the molecule is CCCNC(N)=NCc1ccc(OC)c(Br)c1.I. The third-order valence-corrected chi connectivity index (χ3v) is 2.82. The minimum Gasteiger partial charge on any atom is -0.496 e. The summed E-state index contributed by atoms with van der Waals surface area (Å²) >= 11 is 3.44. The first-order valence-electron chi connectivity index (χ1n) is 5.53. The molecule has 0 fully saturated rings. The lowest BCUT2D eigenvalue weighted by molar-refractivity contribution is 0.412. The number of nitrogens with zero attached hydrogens (tertiary/aromatic N) is 1. The van der Waals surface area contributed by atoms with Crippen LogP contribution in [0.4, 0.5) is 0 Å². The van der Waals surface area contributed by atoms with E-state index < -0.39 is 0 Å². The Hall–Kier alpha value is -0.500. The first kappa shape index (κ1) is 17.5. The van der Waals surface area contributed by atoms with E-state index in [0.717, 1.165) is 28.8 Å². The fourth-order valence-corrected chi connectivity index (χ4v) is 1.88. The fraction of sp³-hybridized carbons (Fsp3) is 0.417. The second-order valence-corrected chi connectivity index (χ2v) is 4.45. The number of methoxy groups -OCH3 is 1. The lowest BCUT2D eigenvalue weighted by atomic mass is 10.2. The van der Waals surface area contributed by atoms with Crippen molar-refractivity contribution in [3.8, 4) is 5.75 Å². The summed E-state index contributed by atoms with van der Waals surface area (Å²) < 4.78 is 6.08. The molecule has 3 N–H and O–H groups in total. The molecule has 1 aromatic carbocycles. The number of ether oxygens (including phenoxy) is 1. The molecule has 0 aromatic heterocycles. The Balaban J connectivity index is 0.00000289. The normalized spacial score (nSPS) is 10.7. The van der Waals surface area contributed by atoms with Crippen LogP contribution < -0.4 is 15.8 Å². The van der Waals surface area contributed by atoms with Gasteiger partial charge in [-0.25, -0.2) is 4.99 Å². The summed E-state index contributed by atoms with van der Waals surface area (Å²) in [5, 5.41) is 3.03. The van der Waals surface area contributed by atoms with Crippen LogP contribution in [0.2, 0.25) is 0 Å². The van der Waals surface area contributed by atoms with Crippen LogP contribution in [0.5, 0.6) is 5.75 Å². The highest BCUT2D eigenvalue weighted by Gasteiger charge is 2.00. The van der Waals surface area contributed by atoms with E-state index in [2.05, 4.69) is 33.2 Å². The van der Waals surface area contributed by atoms with Gasteiger partial charge in [-0.1, -0.05) is 13.0 Å². The third-order valence-electron chi connectivity index (χ3n) is 2.20. The van der Waals surface area contributed by atoms with Gasteiger partial charge in [0.1, 0.15) is 5.75 Å². The van der Waals surface area contributed by atoms with Crippen molar-refractivity contribution in [2.75, 3.05) is 13.7 Å². The van der Waals surface area contributed by atoms with Crippen LogP contribution in [0, 0.1) is 0 Å². The number of hydrogen-bond donors (Lipinski definition) is 2. The second kappa shape index (κ2) is 9.43. The molecular formula is C12H19BrIN3O. The minimum atomic E-state index is 0. The summed E-state index contributed by atoms with van der Waals surface area (Å²) in [6, 6.07) is 5.86. The summed E-state index contributed by atoms with van der Waals surface area (Å²) in [5.74, 6) is 1.30. The molecule has 1 rings (SSSR count). The van der Waals surface area contributed by atoms with Crippen LogP contribution in [0.1, 0.15) is 18.9 Å². The zero-order valence-corrected chi connectivity index (χ0v) is 14.5. The molecule has 0 aliphatic heterocycles. The molecule has 0 spiro atoms. The monoisotopic (exact) mass is 427 g/mol.